The molecule has 3 heterocycles. The van der Waals surface area contributed by atoms with Crippen molar-refractivity contribution >= 4 is 22.6 Å². The highest BCUT2D eigenvalue weighted by Gasteiger charge is 2.31. The van der Waals surface area contributed by atoms with Gasteiger partial charge in [0, 0.05) is 30.1 Å². The van der Waals surface area contributed by atoms with Gasteiger partial charge in [0.05, 0.1) is 25.3 Å². The van der Waals surface area contributed by atoms with Crippen LogP contribution >= 0.6 is 0 Å². The van der Waals surface area contributed by atoms with E-state index >= 15 is 0 Å². The second-order valence-electron chi connectivity index (χ2n) is 8.53. The molecule has 2 amide bonds. The van der Waals surface area contributed by atoms with Crippen molar-refractivity contribution < 1.29 is 9.53 Å². The number of carbonyl (C=O) groups excluding carboxylic acids is 1. The number of aryl methyl sites for hydroxylation is 2. The van der Waals surface area contributed by atoms with Crippen molar-refractivity contribution in [1.29, 1.82) is 0 Å². The first-order chi connectivity index (χ1) is 14.6. The third-order valence-electron chi connectivity index (χ3n) is 6.59. The van der Waals surface area contributed by atoms with Crippen molar-refractivity contribution in [2.24, 2.45) is 0 Å². The number of benzene rings is 1. The maximum absolute atomic E-state index is 13.5. The molecule has 2 aromatic heterocycles. The summed E-state index contributed by atoms with van der Waals surface area (Å²) in [6.45, 7) is 7.26. The predicted molar refractivity (Wildman–Crippen MR) is 113 cm³/mol. The van der Waals surface area contributed by atoms with Gasteiger partial charge in [-0.05, 0) is 66.4 Å². The Morgan fingerprint density at radius 2 is 1.87 bits per heavy atom. The van der Waals surface area contributed by atoms with Gasteiger partial charge in [0.2, 0.25) is 0 Å². The number of carbonyl (C=O) groups is 1. The maximum atomic E-state index is 13.5. The lowest BCUT2D eigenvalue weighted by molar-refractivity contribution is 0.0383. The number of nitrogens with zero attached hydrogens (tertiary/aromatic N) is 6. The molecule has 8 heteroatoms. The molecule has 158 valence electrons. The van der Waals surface area contributed by atoms with E-state index in [2.05, 4.69) is 52.5 Å². The van der Waals surface area contributed by atoms with Gasteiger partial charge in [0.25, 0.3) is 0 Å². The average molecular weight is 409 g/mol. The zero-order valence-electron chi connectivity index (χ0n) is 17.7. The Hall–Kier alpha value is -2.74. The average Bonchev–Trinajstić information content (AvgIpc) is 3.46. The monoisotopic (exact) mass is 408 g/mol. The lowest BCUT2D eigenvalue weighted by atomic mass is 10.0. The Kier molecular flexibility index (Phi) is 5.02. The number of tetrazole rings is 1. The van der Waals surface area contributed by atoms with Gasteiger partial charge in [0.1, 0.15) is 0 Å². The van der Waals surface area contributed by atoms with Crippen LogP contribution in [0.25, 0.3) is 16.6 Å². The molecule has 1 saturated heterocycles. The van der Waals surface area contributed by atoms with E-state index in [1.54, 1.807) is 0 Å². The van der Waals surface area contributed by atoms with Gasteiger partial charge in [-0.25, -0.2) is 4.79 Å². The SMILES string of the molecule is Cc1cc2cc(CN(C(=O)N3CCOCC3)C3CCCC3)c3nnnn3c2cc1C. The van der Waals surface area contributed by atoms with Gasteiger partial charge in [-0.15, -0.1) is 5.10 Å². The number of rotatable bonds is 3. The molecule has 0 N–H and O–H groups in total. The number of morpholine rings is 1. The third kappa shape index (κ3) is 3.39. The Bertz CT molecular complexity index is 1080. The summed E-state index contributed by atoms with van der Waals surface area (Å²) >= 11 is 0. The van der Waals surface area contributed by atoms with Crippen LogP contribution in [-0.2, 0) is 11.3 Å². The number of pyridine rings is 1. The van der Waals surface area contributed by atoms with Crippen LogP contribution in [0.4, 0.5) is 4.79 Å². The highest BCUT2D eigenvalue weighted by Crippen LogP contribution is 2.29. The summed E-state index contributed by atoms with van der Waals surface area (Å²) in [7, 11) is 0. The molecule has 0 unspecified atom stereocenters. The summed E-state index contributed by atoms with van der Waals surface area (Å²) in [5.74, 6) is 0. The molecule has 3 aromatic rings. The minimum Gasteiger partial charge on any atom is -0.378 e. The number of hydrogen-bond acceptors (Lipinski definition) is 5. The van der Waals surface area contributed by atoms with Crippen LogP contribution in [0.15, 0.2) is 18.2 Å². The van der Waals surface area contributed by atoms with Gasteiger partial charge < -0.3 is 14.5 Å². The van der Waals surface area contributed by atoms with Crippen LogP contribution in [-0.4, -0.2) is 68.2 Å². The van der Waals surface area contributed by atoms with Gasteiger partial charge in [-0.3, -0.25) is 0 Å². The van der Waals surface area contributed by atoms with Gasteiger partial charge in [-0.1, -0.05) is 12.8 Å². The van der Waals surface area contributed by atoms with Crippen LogP contribution in [0.1, 0.15) is 42.4 Å². The normalized spacial score (nSPS) is 17.9. The summed E-state index contributed by atoms with van der Waals surface area (Å²) in [6.07, 6.45) is 4.47. The zero-order valence-corrected chi connectivity index (χ0v) is 17.7. The first-order valence-electron chi connectivity index (χ1n) is 10.9. The van der Waals surface area contributed by atoms with Crippen molar-refractivity contribution in [2.75, 3.05) is 26.3 Å². The number of hydrogen-bond donors (Lipinski definition) is 0. The van der Waals surface area contributed by atoms with Crippen molar-refractivity contribution in [2.45, 2.75) is 52.1 Å². The fourth-order valence-corrected chi connectivity index (χ4v) is 4.73. The molecule has 8 nitrogen and oxygen atoms in total. The standard InChI is InChI=1S/C22H28N6O2/c1-15-11-17-13-18(21-23-24-25-28(21)20(17)12-16(15)2)14-27(19-5-3-4-6-19)22(29)26-7-9-30-10-8-26/h11-13,19H,3-10,14H2,1-2H3. The van der Waals surface area contributed by atoms with Crippen molar-refractivity contribution in [3.63, 3.8) is 0 Å². The van der Waals surface area contributed by atoms with Gasteiger partial charge in [0.15, 0.2) is 5.65 Å². The van der Waals surface area contributed by atoms with Crippen LogP contribution in [0.3, 0.4) is 0 Å². The number of amides is 2. The first-order valence-corrected chi connectivity index (χ1v) is 10.9. The van der Waals surface area contributed by atoms with E-state index in [-0.39, 0.29) is 12.1 Å². The smallest absolute Gasteiger partial charge is 0.320 e. The minimum absolute atomic E-state index is 0.107. The van der Waals surface area contributed by atoms with E-state index in [4.69, 9.17) is 4.74 Å². The Morgan fingerprint density at radius 3 is 2.63 bits per heavy atom. The summed E-state index contributed by atoms with van der Waals surface area (Å²) in [5, 5.41) is 13.6. The Labute approximate surface area is 175 Å². The van der Waals surface area contributed by atoms with E-state index in [9.17, 15) is 4.79 Å². The Morgan fingerprint density at radius 1 is 1.13 bits per heavy atom. The van der Waals surface area contributed by atoms with E-state index in [0.717, 1.165) is 35.0 Å². The molecule has 2 aliphatic rings. The van der Waals surface area contributed by atoms with Crippen LogP contribution in [0.5, 0.6) is 0 Å². The van der Waals surface area contributed by atoms with Crippen LogP contribution < -0.4 is 0 Å². The number of aromatic nitrogens is 4. The molecule has 2 fully saturated rings. The number of fused-ring (bicyclic) bond motifs is 3. The van der Waals surface area contributed by atoms with Gasteiger partial charge >= 0.3 is 6.03 Å². The summed E-state index contributed by atoms with van der Waals surface area (Å²) in [6, 6.07) is 6.84. The third-order valence-corrected chi connectivity index (χ3v) is 6.59. The molecule has 1 saturated carbocycles. The number of ether oxygens (including phenoxy) is 1. The largest absolute Gasteiger partial charge is 0.378 e. The van der Waals surface area contributed by atoms with Crippen molar-refractivity contribution in [3.05, 3.63) is 34.9 Å². The van der Waals surface area contributed by atoms with E-state index in [0.29, 0.717) is 32.8 Å². The van der Waals surface area contributed by atoms with E-state index in [1.165, 1.54) is 24.0 Å². The van der Waals surface area contributed by atoms with Crippen molar-refractivity contribution in [3.8, 4) is 0 Å². The number of urea groups is 1. The quantitative estimate of drug-likeness (QED) is 0.666. The molecule has 5 rings (SSSR count). The molecule has 1 aliphatic carbocycles. The summed E-state index contributed by atoms with van der Waals surface area (Å²) in [4.78, 5) is 17.4. The molecule has 30 heavy (non-hydrogen) atoms. The van der Waals surface area contributed by atoms with E-state index < -0.39 is 0 Å². The van der Waals surface area contributed by atoms with Crippen LogP contribution in [0, 0.1) is 13.8 Å². The Balaban J connectivity index is 1.55. The fourth-order valence-electron chi connectivity index (χ4n) is 4.73. The fraction of sp³-hybridized carbons (Fsp3) is 0.545. The maximum Gasteiger partial charge on any atom is 0.320 e. The van der Waals surface area contributed by atoms with Gasteiger partial charge in [-0.2, -0.15) is 4.52 Å². The predicted octanol–water partition coefficient (Wildman–Crippen LogP) is 3.09. The molecule has 1 aromatic carbocycles. The molecular formula is C22H28N6O2. The lowest BCUT2D eigenvalue weighted by Gasteiger charge is -2.36. The zero-order chi connectivity index (χ0) is 20.7. The molecule has 0 spiro atoms. The first kappa shape index (κ1) is 19.2. The molecule has 1 aliphatic heterocycles. The van der Waals surface area contributed by atoms with E-state index in [1.807, 2.05) is 9.42 Å². The topological polar surface area (TPSA) is 75.9 Å². The minimum atomic E-state index is 0.107. The second kappa shape index (κ2) is 7.83. The molecule has 0 bridgehead atoms. The van der Waals surface area contributed by atoms with Crippen molar-refractivity contribution in [1.82, 2.24) is 29.8 Å². The lowest BCUT2D eigenvalue weighted by Crippen LogP contribution is -2.50. The molecular weight excluding hydrogens is 380 g/mol. The molecule has 0 atom stereocenters. The second-order valence-corrected chi connectivity index (χ2v) is 8.53. The summed E-state index contributed by atoms with van der Waals surface area (Å²) in [5.41, 5.74) is 5.15. The molecule has 0 radical (unpaired) electrons. The highest BCUT2D eigenvalue weighted by atomic mass is 16.5. The van der Waals surface area contributed by atoms with Crippen LogP contribution in [0.2, 0.25) is 0 Å². The summed E-state index contributed by atoms with van der Waals surface area (Å²) < 4.78 is 7.26. The highest BCUT2D eigenvalue weighted by molar-refractivity contribution is 5.85.